The van der Waals surface area contributed by atoms with Crippen molar-refractivity contribution in [2.75, 3.05) is 11.9 Å². The molecule has 3 N–H and O–H groups in total. The number of carbonyl (C=O) groups is 1. The first-order chi connectivity index (χ1) is 12.4. The standard InChI is InChI=1S/C18H20ClN5O2/c1-4-20-15-7-12(19)6-13(11(15)3)17(25)21-8-14-10(2)5-16-22-9-23-24(16)18(14)26/h5-7,9,20H,4,8H2,1-3H3,(H,21,25)(H,22,23). The first kappa shape index (κ1) is 18.0. The maximum atomic E-state index is 12.7. The van der Waals surface area contributed by atoms with Crippen LogP contribution in [0.5, 0.6) is 0 Å². The molecule has 0 atom stereocenters. The van der Waals surface area contributed by atoms with Crippen LogP contribution in [0.4, 0.5) is 5.69 Å². The van der Waals surface area contributed by atoms with Gasteiger partial charge in [-0.25, -0.2) is 9.50 Å². The summed E-state index contributed by atoms with van der Waals surface area (Å²) < 4.78 is 1.35. The van der Waals surface area contributed by atoms with Crippen molar-refractivity contribution in [2.45, 2.75) is 27.3 Å². The summed E-state index contributed by atoms with van der Waals surface area (Å²) in [6.45, 7) is 6.50. The minimum Gasteiger partial charge on any atom is -0.385 e. The number of hydrogen-bond acceptors (Lipinski definition) is 4. The van der Waals surface area contributed by atoms with E-state index in [2.05, 4.69) is 20.7 Å². The number of aromatic nitrogens is 3. The van der Waals surface area contributed by atoms with Crippen molar-refractivity contribution in [1.29, 1.82) is 0 Å². The van der Waals surface area contributed by atoms with Gasteiger partial charge in [0, 0.05) is 34.9 Å². The molecule has 2 aromatic heterocycles. The third-order valence-electron chi connectivity index (χ3n) is 4.31. The van der Waals surface area contributed by atoms with E-state index in [1.54, 1.807) is 18.2 Å². The summed E-state index contributed by atoms with van der Waals surface area (Å²) in [5.74, 6) is -0.280. The van der Waals surface area contributed by atoms with Gasteiger partial charge < -0.3 is 10.6 Å². The van der Waals surface area contributed by atoms with Gasteiger partial charge in [0.05, 0.1) is 0 Å². The van der Waals surface area contributed by atoms with Gasteiger partial charge in [0.25, 0.3) is 11.5 Å². The lowest BCUT2D eigenvalue weighted by Crippen LogP contribution is -2.29. The number of H-pyrrole nitrogens is 1. The van der Waals surface area contributed by atoms with Crippen LogP contribution in [-0.4, -0.2) is 27.0 Å². The van der Waals surface area contributed by atoms with Gasteiger partial charge in [0.2, 0.25) is 0 Å². The maximum absolute atomic E-state index is 12.7. The van der Waals surface area contributed by atoms with E-state index in [-0.39, 0.29) is 18.0 Å². The molecule has 0 aliphatic heterocycles. The fraction of sp³-hybridized carbons (Fsp3) is 0.278. The van der Waals surface area contributed by atoms with Crippen molar-refractivity contribution >= 4 is 28.8 Å². The Bertz CT molecular complexity index is 1040. The van der Waals surface area contributed by atoms with E-state index in [4.69, 9.17) is 11.6 Å². The van der Waals surface area contributed by atoms with E-state index in [9.17, 15) is 9.59 Å². The molecule has 0 radical (unpaired) electrons. The fourth-order valence-corrected chi connectivity index (χ4v) is 3.11. The van der Waals surface area contributed by atoms with Crippen molar-refractivity contribution in [3.05, 3.63) is 62.2 Å². The lowest BCUT2D eigenvalue weighted by atomic mass is 10.1. The molecule has 2 heterocycles. The molecule has 0 saturated heterocycles. The van der Waals surface area contributed by atoms with Crippen LogP contribution in [0.3, 0.4) is 0 Å². The summed E-state index contributed by atoms with van der Waals surface area (Å²) >= 11 is 6.14. The predicted molar refractivity (Wildman–Crippen MR) is 102 cm³/mol. The number of nitrogens with zero attached hydrogens (tertiary/aromatic N) is 2. The predicted octanol–water partition coefficient (Wildman–Crippen LogP) is 2.65. The van der Waals surface area contributed by atoms with Crippen LogP contribution in [0.2, 0.25) is 5.02 Å². The SMILES string of the molecule is CCNc1cc(Cl)cc(C(=O)NCc2c(C)cc3nc[nH]n3c2=O)c1C. The second kappa shape index (κ2) is 7.21. The lowest BCUT2D eigenvalue weighted by molar-refractivity contribution is 0.0950. The minimum absolute atomic E-state index is 0.119. The van der Waals surface area contributed by atoms with E-state index in [1.807, 2.05) is 20.8 Å². The van der Waals surface area contributed by atoms with Crippen LogP contribution < -0.4 is 16.2 Å². The second-order valence-corrected chi connectivity index (χ2v) is 6.47. The molecule has 7 nitrogen and oxygen atoms in total. The average Bonchev–Trinajstić information content (AvgIpc) is 3.06. The number of benzene rings is 1. The number of nitrogens with one attached hydrogen (secondary N) is 3. The van der Waals surface area contributed by atoms with Crippen LogP contribution in [-0.2, 0) is 6.54 Å². The number of carbonyl (C=O) groups excluding carboxylic acids is 1. The molecule has 0 aliphatic carbocycles. The van der Waals surface area contributed by atoms with Crippen LogP contribution in [0.25, 0.3) is 5.65 Å². The number of pyridine rings is 1. The Morgan fingerprint density at radius 1 is 1.31 bits per heavy atom. The van der Waals surface area contributed by atoms with Gasteiger partial charge >= 0.3 is 0 Å². The quantitative estimate of drug-likeness (QED) is 0.641. The lowest BCUT2D eigenvalue weighted by Gasteiger charge is -2.14. The molecule has 0 fully saturated rings. The van der Waals surface area contributed by atoms with E-state index in [0.717, 1.165) is 23.4 Å². The molecule has 0 unspecified atom stereocenters. The first-order valence-corrected chi connectivity index (χ1v) is 8.67. The molecule has 0 spiro atoms. The summed E-state index contributed by atoms with van der Waals surface area (Å²) in [6, 6.07) is 5.22. The maximum Gasteiger partial charge on any atom is 0.276 e. The highest BCUT2D eigenvalue weighted by Gasteiger charge is 2.15. The Hall–Kier alpha value is -2.80. The van der Waals surface area contributed by atoms with Crippen molar-refractivity contribution in [2.24, 2.45) is 0 Å². The first-order valence-electron chi connectivity index (χ1n) is 8.29. The molecular weight excluding hydrogens is 354 g/mol. The Kier molecular flexibility index (Phi) is 4.99. The van der Waals surface area contributed by atoms with Crippen LogP contribution in [0, 0.1) is 13.8 Å². The Labute approximate surface area is 155 Å². The highest BCUT2D eigenvalue weighted by molar-refractivity contribution is 6.31. The van der Waals surface area contributed by atoms with Crippen molar-refractivity contribution < 1.29 is 4.79 Å². The number of aryl methyl sites for hydroxylation is 1. The third-order valence-corrected chi connectivity index (χ3v) is 4.52. The largest absolute Gasteiger partial charge is 0.385 e. The number of halogens is 1. The number of aromatic amines is 1. The van der Waals surface area contributed by atoms with Gasteiger partial charge in [-0.2, -0.15) is 0 Å². The van der Waals surface area contributed by atoms with Crippen molar-refractivity contribution in [1.82, 2.24) is 19.9 Å². The van der Waals surface area contributed by atoms with Gasteiger partial charge in [-0.1, -0.05) is 11.6 Å². The zero-order valence-electron chi connectivity index (χ0n) is 14.8. The molecule has 3 aromatic rings. The summed E-state index contributed by atoms with van der Waals surface area (Å²) in [7, 11) is 0. The molecular formula is C18H20ClN5O2. The van der Waals surface area contributed by atoms with Gasteiger partial charge in [-0.3, -0.25) is 14.7 Å². The van der Waals surface area contributed by atoms with Gasteiger partial charge in [-0.05, 0) is 50.1 Å². The highest BCUT2D eigenvalue weighted by atomic mass is 35.5. The molecule has 0 saturated carbocycles. The number of hydrogen-bond donors (Lipinski definition) is 3. The molecule has 1 amide bonds. The summed E-state index contributed by atoms with van der Waals surface area (Å²) in [5.41, 5.74) is 3.71. The molecule has 3 rings (SSSR count). The zero-order valence-corrected chi connectivity index (χ0v) is 15.6. The summed E-state index contributed by atoms with van der Waals surface area (Å²) in [4.78, 5) is 29.3. The van der Waals surface area contributed by atoms with Gasteiger partial charge in [0.1, 0.15) is 6.33 Å². The molecule has 0 bridgehead atoms. The van der Waals surface area contributed by atoms with E-state index < -0.39 is 0 Å². The average molecular weight is 374 g/mol. The fourth-order valence-electron chi connectivity index (χ4n) is 2.89. The smallest absolute Gasteiger partial charge is 0.276 e. The molecule has 1 aromatic carbocycles. The number of anilines is 1. The Morgan fingerprint density at radius 2 is 2.08 bits per heavy atom. The van der Waals surface area contributed by atoms with Crippen molar-refractivity contribution in [3.63, 3.8) is 0 Å². The normalized spacial score (nSPS) is 10.9. The molecule has 136 valence electrons. The highest BCUT2D eigenvalue weighted by Crippen LogP contribution is 2.25. The third kappa shape index (κ3) is 3.30. The van der Waals surface area contributed by atoms with E-state index >= 15 is 0 Å². The van der Waals surface area contributed by atoms with Crippen LogP contribution in [0.15, 0.2) is 29.3 Å². The van der Waals surface area contributed by atoms with E-state index in [1.165, 1.54) is 10.8 Å². The second-order valence-electron chi connectivity index (χ2n) is 6.03. The topological polar surface area (TPSA) is 91.3 Å². The van der Waals surface area contributed by atoms with Gasteiger partial charge in [-0.15, -0.1) is 0 Å². The number of fused-ring (bicyclic) bond motifs is 1. The molecule has 8 heteroatoms. The molecule has 0 aliphatic rings. The summed E-state index contributed by atoms with van der Waals surface area (Å²) in [5, 5.41) is 9.26. The van der Waals surface area contributed by atoms with Gasteiger partial charge in [0.15, 0.2) is 5.65 Å². The Morgan fingerprint density at radius 3 is 2.81 bits per heavy atom. The summed E-state index contributed by atoms with van der Waals surface area (Å²) in [6.07, 6.45) is 1.45. The van der Waals surface area contributed by atoms with Crippen molar-refractivity contribution in [3.8, 4) is 0 Å². The van der Waals surface area contributed by atoms with Crippen LogP contribution >= 0.6 is 11.6 Å². The van der Waals surface area contributed by atoms with E-state index in [0.29, 0.717) is 21.8 Å². The monoisotopic (exact) mass is 373 g/mol. The number of amides is 1. The zero-order chi connectivity index (χ0) is 18.8. The Balaban J connectivity index is 1.87. The number of rotatable bonds is 5. The van der Waals surface area contributed by atoms with Crippen LogP contribution in [0.1, 0.15) is 34.0 Å². The molecule has 26 heavy (non-hydrogen) atoms. The minimum atomic E-state index is -0.280.